The molecule has 24 heavy (non-hydrogen) atoms. The number of carbonyl (C=O) groups excluding carboxylic acids is 1. The fraction of sp³-hybridized carbons (Fsp3) is 0.389. The summed E-state index contributed by atoms with van der Waals surface area (Å²) in [5, 5.41) is 7.89. The summed E-state index contributed by atoms with van der Waals surface area (Å²) in [7, 11) is 1.89. The van der Waals surface area contributed by atoms with E-state index in [2.05, 4.69) is 10.6 Å². The van der Waals surface area contributed by atoms with Crippen LogP contribution in [0, 0.1) is 0 Å². The molecule has 0 unspecified atom stereocenters. The molecule has 0 radical (unpaired) electrons. The van der Waals surface area contributed by atoms with Gasteiger partial charge in [0.2, 0.25) is 0 Å². The van der Waals surface area contributed by atoms with Crippen LogP contribution in [0.4, 0.5) is 0 Å². The lowest BCUT2D eigenvalue weighted by Crippen LogP contribution is -2.43. The maximum atomic E-state index is 12.7. The second kappa shape index (κ2) is 6.10. The van der Waals surface area contributed by atoms with Crippen LogP contribution in [0.2, 0.25) is 10.0 Å². The Morgan fingerprint density at radius 3 is 2.58 bits per heavy atom. The number of carbonyl (C=O) groups is 1. The minimum absolute atomic E-state index is 0.0313. The molecule has 1 aromatic carbocycles. The smallest absolute Gasteiger partial charge is 0.268 e. The van der Waals surface area contributed by atoms with Gasteiger partial charge in [0.1, 0.15) is 5.69 Å². The number of fused-ring (bicyclic) bond motifs is 2. The molecular formula is C18H19Cl2N3O. The highest BCUT2D eigenvalue weighted by molar-refractivity contribution is 6.35. The van der Waals surface area contributed by atoms with Crippen LogP contribution in [0.5, 0.6) is 0 Å². The van der Waals surface area contributed by atoms with Crippen molar-refractivity contribution in [2.45, 2.75) is 37.4 Å². The first-order valence-electron chi connectivity index (χ1n) is 8.20. The lowest BCUT2D eigenvalue weighted by molar-refractivity contribution is 0.0923. The Morgan fingerprint density at radius 1 is 1.21 bits per heavy atom. The van der Waals surface area contributed by atoms with Gasteiger partial charge in [-0.3, -0.25) is 4.79 Å². The van der Waals surface area contributed by atoms with Crippen molar-refractivity contribution in [3.05, 3.63) is 46.1 Å². The van der Waals surface area contributed by atoms with E-state index in [0.717, 1.165) is 24.1 Å². The van der Waals surface area contributed by atoms with Crippen LogP contribution in [0.25, 0.3) is 11.3 Å². The van der Waals surface area contributed by atoms with E-state index in [1.54, 1.807) is 6.07 Å². The third kappa shape index (κ3) is 2.83. The molecule has 3 heterocycles. The van der Waals surface area contributed by atoms with Crippen LogP contribution >= 0.6 is 23.2 Å². The van der Waals surface area contributed by atoms with Gasteiger partial charge in [-0.1, -0.05) is 23.2 Å². The molecule has 0 saturated carbocycles. The standard InChI is InChI=1S/C18H19Cl2N3O/c1-23-16(10-6-11(19)8-12(20)7-10)4-5-17(23)18(24)22-15-9-13-2-3-14(15)21-13/h4-8,13-15,21H,2-3,9H2,1H3,(H,22,24)/t13-,14+,15-/m1/s1. The first-order chi connectivity index (χ1) is 11.5. The van der Waals surface area contributed by atoms with Gasteiger partial charge in [0.15, 0.2) is 0 Å². The van der Waals surface area contributed by atoms with Crippen molar-refractivity contribution in [2.24, 2.45) is 7.05 Å². The van der Waals surface area contributed by atoms with Crippen molar-refractivity contribution < 1.29 is 4.79 Å². The second-order valence-corrected chi connectivity index (χ2v) is 7.56. The van der Waals surface area contributed by atoms with E-state index in [-0.39, 0.29) is 11.9 Å². The minimum atomic E-state index is -0.0313. The van der Waals surface area contributed by atoms with Crippen LogP contribution in [-0.2, 0) is 7.05 Å². The average Bonchev–Trinajstić information content (AvgIpc) is 3.21. The molecule has 2 saturated heterocycles. The summed E-state index contributed by atoms with van der Waals surface area (Å²) < 4.78 is 1.89. The second-order valence-electron chi connectivity index (χ2n) is 6.68. The van der Waals surface area contributed by atoms with Gasteiger partial charge in [0.25, 0.3) is 5.91 Å². The third-order valence-electron chi connectivity index (χ3n) is 5.13. The third-order valence-corrected chi connectivity index (χ3v) is 5.57. The van der Waals surface area contributed by atoms with Crippen molar-refractivity contribution in [3.8, 4) is 11.3 Å². The van der Waals surface area contributed by atoms with Gasteiger partial charge in [-0.15, -0.1) is 0 Å². The van der Waals surface area contributed by atoms with Gasteiger partial charge in [-0.05, 0) is 49.6 Å². The van der Waals surface area contributed by atoms with Crippen LogP contribution in [0.3, 0.4) is 0 Å². The van der Waals surface area contributed by atoms with E-state index in [1.807, 2.05) is 35.9 Å². The summed E-state index contributed by atoms with van der Waals surface area (Å²) >= 11 is 12.2. The molecule has 0 aliphatic carbocycles. The number of rotatable bonds is 3. The van der Waals surface area contributed by atoms with Gasteiger partial charge < -0.3 is 15.2 Å². The predicted octanol–water partition coefficient (Wildman–Crippen LogP) is 3.62. The Labute approximate surface area is 151 Å². The van der Waals surface area contributed by atoms with Gasteiger partial charge in [-0.25, -0.2) is 0 Å². The van der Waals surface area contributed by atoms with E-state index in [9.17, 15) is 4.79 Å². The van der Waals surface area contributed by atoms with E-state index in [4.69, 9.17) is 23.2 Å². The fourth-order valence-electron chi connectivity index (χ4n) is 3.96. The maximum Gasteiger partial charge on any atom is 0.268 e. The molecule has 2 aliphatic rings. The fourth-order valence-corrected chi connectivity index (χ4v) is 4.48. The Morgan fingerprint density at radius 2 is 1.96 bits per heavy atom. The zero-order valence-electron chi connectivity index (χ0n) is 13.4. The van der Waals surface area contributed by atoms with Crippen molar-refractivity contribution in [3.63, 3.8) is 0 Å². The molecule has 2 bridgehead atoms. The molecular weight excluding hydrogens is 345 g/mol. The molecule has 2 aliphatic heterocycles. The van der Waals surface area contributed by atoms with Crippen molar-refractivity contribution in [1.29, 1.82) is 0 Å². The number of nitrogens with one attached hydrogen (secondary N) is 2. The molecule has 1 amide bonds. The van der Waals surface area contributed by atoms with Gasteiger partial charge in [0.05, 0.1) is 0 Å². The van der Waals surface area contributed by atoms with E-state index in [0.29, 0.717) is 27.8 Å². The summed E-state index contributed by atoms with van der Waals surface area (Å²) in [5.74, 6) is -0.0313. The van der Waals surface area contributed by atoms with Crippen molar-refractivity contribution in [2.75, 3.05) is 0 Å². The molecule has 3 atom stereocenters. The molecule has 4 rings (SSSR count). The molecule has 1 aromatic heterocycles. The van der Waals surface area contributed by atoms with E-state index >= 15 is 0 Å². The molecule has 6 heteroatoms. The summed E-state index contributed by atoms with van der Waals surface area (Å²) in [6.07, 6.45) is 3.40. The Bertz CT molecular complexity index is 781. The molecule has 0 spiro atoms. The normalized spacial score (nSPS) is 25.2. The zero-order chi connectivity index (χ0) is 16.8. The monoisotopic (exact) mass is 363 g/mol. The first-order valence-corrected chi connectivity index (χ1v) is 8.96. The number of aromatic nitrogens is 1. The average molecular weight is 364 g/mol. The van der Waals surface area contributed by atoms with Gasteiger partial charge in [0, 0.05) is 46.5 Å². The molecule has 2 N–H and O–H groups in total. The zero-order valence-corrected chi connectivity index (χ0v) is 14.9. The first kappa shape index (κ1) is 16.0. The minimum Gasteiger partial charge on any atom is -0.346 e. The molecule has 126 valence electrons. The Balaban J connectivity index is 1.56. The number of hydrogen-bond donors (Lipinski definition) is 2. The van der Waals surface area contributed by atoms with Crippen LogP contribution in [0.1, 0.15) is 29.8 Å². The Kier molecular flexibility index (Phi) is 4.07. The Hall–Kier alpha value is -1.49. The molecule has 2 fully saturated rings. The SMILES string of the molecule is Cn1c(C(=O)N[C@@H]2C[C@H]3CC[C@@H]2N3)ccc1-c1cc(Cl)cc(Cl)c1. The summed E-state index contributed by atoms with van der Waals surface area (Å²) in [6, 6.07) is 10.4. The lowest BCUT2D eigenvalue weighted by Gasteiger charge is -2.21. The van der Waals surface area contributed by atoms with E-state index in [1.165, 1.54) is 6.42 Å². The highest BCUT2D eigenvalue weighted by Crippen LogP contribution is 2.30. The number of amides is 1. The van der Waals surface area contributed by atoms with Crippen LogP contribution < -0.4 is 10.6 Å². The number of hydrogen-bond acceptors (Lipinski definition) is 2. The predicted molar refractivity (Wildman–Crippen MR) is 96.7 cm³/mol. The number of benzene rings is 1. The topological polar surface area (TPSA) is 46.1 Å². The molecule has 2 aromatic rings. The van der Waals surface area contributed by atoms with E-state index < -0.39 is 0 Å². The largest absolute Gasteiger partial charge is 0.346 e. The van der Waals surface area contributed by atoms with Crippen LogP contribution in [-0.4, -0.2) is 28.6 Å². The van der Waals surface area contributed by atoms with Gasteiger partial charge in [-0.2, -0.15) is 0 Å². The lowest BCUT2D eigenvalue weighted by atomic mass is 9.95. The highest BCUT2D eigenvalue weighted by atomic mass is 35.5. The molecule has 4 nitrogen and oxygen atoms in total. The van der Waals surface area contributed by atoms with Crippen LogP contribution in [0.15, 0.2) is 30.3 Å². The van der Waals surface area contributed by atoms with Crippen molar-refractivity contribution >= 4 is 29.1 Å². The summed E-state index contributed by atoms with van der Waals surface area (Å²) in [4.78, 5) is 12.7. The maximum absolute atomic E-state index is 12.7. The van der Waals surface area contributed by atoms with Crippen molar-refractivity contribution in [1.82, 2.24) is 15.2 Å². The number of nitrogens with zero attached hydrogens (tertiary/aromatic N) is 1. The quantitative estimate of drug-likeness (QED) is 0.874. The van der Waals surface area contributed by atoms with Gasteiger partial charge >= 0.3 is 0 Å². The highest BCUT2D eigenvalue weighted by Gasteiger charge is 2.39. The summed E-state index contributed by atoms with van der Waals surface area (Å²) in [5.41, 5.74) is 2.45. The summed E-state index contributed by atoms with van der Waals surface area (Å²) in [6.45, 7) is 0. The number of halogens is 2.